The van der Waals surface area contributed by atoms with Crippen molar-refractivity contribution in [3.05, 3.63) is 47.1 Å². The van der Waals surface area contributed by atoms with Crippen molar-refractivity contribution in [2.75, 3.05) is 7.11 Å². The molecule has 0 saturated heterocycles. The van der Waals surface area contributed by atoms with Gasteiger partial charge in [-0.25, -0.2) is 9.78 Å². The Kier molecular flexibility index (Phi) is 3.23. The summed E-state index contributed by atoms with van der Waals surface area (Å²) in [5.41, 5.74) is 1.63. The lowest BCUT2D eigenvalue weighted by Gasteiger charge is -2.07. The number of rotatable bonds is 3. The van der Waals surface area contributed by atoms with Gasteiger partial charge in [-0.15, -0.1) is 0 Å². The molecule has 3 rings (SSSR count). The molecule has 0 spiro atoms. The van der Waals surface area contributed by atoms with Crippen molar-refractivity contribution in [3.8, 4) is 17.1 Å². The van der Waals surface area contributed by atoms with Gasteiger partial charge >= 0.3 is 5.97 Å². The zero-order valence-electron chi connectivity index (χ0n) is 10.9. The number of carbonyl (C=O) groups is 1. The van der Waals surface area contributed by atoms with E-state index in [9.17, 15) is 9.90 Å². The van der Waals surface area contributed by atoms with E-state index in [2.05, 4.69) is 10.1 Å². The van der Waals surface area contributed by atoms with Gasteiger partial charge in [-0.05, 0) is 12.1 Å². The molecule has 2 aromatic heterocycles. The molecule has 0 amide bonds. The Labute approximate surface area is 124 Å². The summed E-state index contributed by atoms with van der Waals surface area (Å²) in [6, 6.07) is 8.77. The summed E-state index contributed by atoms with van der Waals surface area (Å²) in [7, 11) is 1.49. The van der Waals surface area contributed by atoms with E-state index >= 15 is 0 Å². The largest absolute Gasteiger partial charge is 0.481 e. The molecule has 0 aliphatic heterocycles. The van der Waals surface area contributed by atoms with Crippen molar-refractivity contribution < 1.29 is 14.6 Å². The Morgan fingerprint density at radius 2 is 2.05 bits per heavy atom. The lowest BCUT2D eigenvalue weighted by atomic mass is 10.1. The number of carboxylic acids is 1. The molecule has 3 aromatic rings. The number of halogens is 1. The van der Waals surface area contributed by atoms with Crippen molar-refractivity contribution in [1.29, 1.82) is 0 Å². The summed E-state index contributed by atoms with van der Waals surface area (Å²) < 4.78 is 6.60. The zero-order valence-corrected chi connectivity index (χ0v) is 11.7. The van der Waals surface area contributed by atoms with Gasteiger partial charge < -0.3 is 9.84 Å². The Bertz CT molecular complexity index is 827. The van der Waals surface area contributed by atoms with E-state index in [4.69, 9.17) is 16.3 Å². The second-order valence-electron chi connectivity index (χ2n) is 4.29. The molecule has 7 heteroatoms. The van der Waals surface area contributed by atoms with E-state index in [0.29, 0.717) is 16.6 Å². The topological polar surface area (TPSA) is 76.7 Å². The molecule has 106 valence electrons. The van der Waals surface area contributed by atoms with Crippen molar-refractivity contribution >= 4 is 23.2 Å². The summed E-state index contributed by atoms with van der Waals surface area (Å²) in [4.78, 5) is 15.6. The van der Waals surface area contributed by atoms with Gasteiger partial charge in [0.15, 0.2) is 5.65 Å². The highest BCUT2D eigenvalue weighted by Crippen LogP contribution is 2.25. The number of fused-ring (bicyclic) bond motifs is 1. The molecule has 0 bridgehead atoms. The number of aromatic carboxylic acids is 1. The Morgan fingerprint density at radius 3 is 2.67 bits per heavy atom. The van der Waals surface area contributed by atoms with Crippen molar-refractivity contribution in [3.63, 3.8) is 0 Å². The number of methoxy groups -OCH3 is 1. The molecule has 0 radical (unpaired) electrons. The average molecular weight is 304 g/mol. The van der Waals surface area contributed by atoms with E-state index < -0.39 is 5.97 Å². The van der Waals surface area contributed by atoms with E-state index in [0.717, 1.165) is 5.56 Å². The summed E-state index contributed by atoms with van der Waals surface area (Å²) in [6.07, 6.45) is 1.25. The molecule has 0 aliphatic carbocycles. The maximum Gasteiger partial charge on any atom is 0.341 e. The van der Waals surface area contributed by atoms with E-state index in [1.807, 2.05) is 0 Å². The standard InChI is InChI=1S/C14H10ClN3O3/c1-21-12-6-11(8-2-4-9(15)5-3-8)17-13-10(14(19)20)7-16-18(12)13/h2-7H,1H3,(H,19,20). The van der Waals surface area contributed by atoms with Crippen LogP contribution in [0.1, 0.15) is 10.4 Å². The predicted octanol–water partition coefficient (Wildman–Crippen LogP) is 2.76. The number of benzene rings is 1. The third-order valence-corrected chi connectivity index (χ3v) is 3.27. The van der Waals surface area contributed by atoms with Crippen LogP contribution >= 0.6 is 11.6 Å². The second-order valence-corrected chi connectivity index (χ2v) is 4.73. The molecule has 0 atom stereocenters. The lowest BCUT2D eigenvalue weighted by molar-refractivity contribution is 0.0699. The number of carboxylic acid groups (broad SMARTS) is 1. The molecule has 0 unspecified atom stereocenters. The molecule has 2 heterocycles. The minimum Gasteiger partial charge on any atom is -0.481 e. The first-order valence-corrected chi connectivity index (χ1v) is 6.40. The molecular weight excluding hydrogens is 294 g/mol. The van der Waals surface area contributed by atoms with Gasteiger partial charge in [0, 0.05) is 16.7 Å². The first-order chi connectivity index (χ1) is 10.1. The van der Waals surface area contributed by atoms with Crippen LogP contribution in [-0.4, -0.2) is 32.8 Å². The summed E-state index contributed by atoms with van der Waals surface area (Å²) in [5.74, 6) is -0.690. The number of aromatic nitrogens is 3. The fraction of sp³-hybridized carbons (Fsp3) is 0.0714. The first kappa shape index (κ1) is 13.4. The molecule has 0 saturated carbocycles. The highest BCUT2D eigenvalue weighted by atomic mass is 35.5. The van der Waals surface area contributed by atoms with E-state index in [1.54, 1.807) is 30.3 Å². The van der Waals surface area contributed by atoms with Crippen LogP contribution in [0.5, 0.6) is 5.88 Å². The van der Waals surface area contributed by atoms with Crippen LogP contribution in [-0.2, 0) is 0 Å². The van der Waals surface area contributed by atoms with Crippen LogP contribution in [0.25, 0.3) is 16.9 Å². The highest BCUT2D eigenvalue weighted by Gasteiger charge is 2.17. The fourth-order valence-electron chi connectivity index (χ4n) is 2.00. The summed E-state index contributed by atoms with van der Waals surface area (Å²) in [5, 5.41) is 13.8. The van der Waals surface area contributed by atoms with Crippen LogP contribution < -0.4 is 4.74 Å². The molecule has 1 aromatic carbocycles. The first-order valence-electron chi connectivity index (χ1n) is 6.02. The SMILES string of the molecule is COc1cc(-c2ccc(Cl)cc2)nc2c(C(=O)O)cnn12. The third kappa shape index (κ3) is 2.30. The van der Waals surface area contributed by atoms with Crippen LogP contribution in [0.15, 0.2) is 36.5 Å². The smallest absolute Gasteiger partial charge is 0.341 e. The summed E-state index contributed by atoms with van der Waals surface area (Å²) >= 11 is 5.87. The molecule has 0 fully saturated rings. The van der Waals surface area contributed by atoms with E-state index in [-0.39, 0.29) is 11.2 Å². The fourth-order valence-corrected chi connectivity index (χ4v) is 2.13. The number of ether oxygens (including phenoxy) is 1. The zero-order chi connectivity index (χ0) is 15.0. The maximum absolute atomic E-state index is 11.2. The van der Waals surface area contributed by atoms with Crippen molar-refractivity contribution in [1.82, 2.24) is 14.6 Å². The molecule has 6 nitrogen and oxygen atoms in total. The van der Waals surface area contributed by atoms with Crippen LogP contribution in [0.3, 0.4) is 0 Å². The van der Waals surface area contributed by atoms with Gasteiger partial charge in [0.1, 0.15) is 5.56 Å². The van der Waals surface area contributed by atoms with Crippen LogP contribution in [0.2, 0.25) is 5.02 Å². The minimum absolute atomic E-state index is 0.0177. The molecular formula is C14H10ClN3O3. The van der Waals surface area contributed by atoms with Crippen molar-refractivity contribution in [2.24, 2.45) is 0 Å². The molecule has 0 aliphatic rings. The van der Waals surface area contributed by atoms with Gasteiger partial charge in [-0.3, -0.25) is 0 Å². The second kappa shape index (κ2) is 5.06. The maximum atomic E-state index is 11.2. The number of hydrogen-bond acceptors (Lipinski definition) is 4. The van der Waals surface area contributed by atoms with Crippen molar-refractivity contribution in [2.45, 2.75) is 0 Å². The lowest BCUT2D eigenvalue weighted by Crippen LogP contribution is -2.02. The Morgan fingerprint density at radius 1 is 1.33 bits per heavy atom. The predicted molar refractivity (Wildman–Crippen MR) is 76.9 cm³/mol. The normalized spacial score (nSPS) is 10.8. The highest BCUT2D eigenvalue weighted by molar-refractivity contribution is 6.30. The van der Waals surface area contributed by atoms with E-state index in [1.165, 1.54) is 17.8 Å². The monoisotopic (exact) mass is 303 g/mol. The van der Waals surface area contributed by atoms with Gasteiger partial charge in [-0.1, -0.05) is 23.7 Å². The molecule has 1 N–H and O–H groups in total. The third-order valence-electron chi connectivity index (χ3n) is 3.02. The van der Waals surface area contributed by atoms with Gasteiger partial charge in [0.05, 0.1) is 19.0 Å². The summed E-state index contributed by atoms with van der Waals surface area (Å²) in [6.45, 7) is 0. The molecule has 21 heavy (non-hydrogen) atoms. The Balaban J connectivity index is 2.26. The Hall–Kier alpha value is -2.60. The van der Waals surface area contributed by atoms with Gasteiger partial charge in [-0.2, -0.15) is 9.61 Å². The van der Waals surface area contributed by atoms with Gasteiger partial charge in [0.25, 0.3) is 0 Å². The quantitative estimate of drug-likeness (QED) is 0.805. The van der Waals surface area contributed by atoms with Gasteiger partial charge in [0.2, 0.25) is 5.88 Å². The van der Waals surface area contributed by atoms with Crippen LogP contribution in [0, 0.1) is 0 Å². The number of hydrogen-bond donors (Lipinski definition) is 1. The minimum atomic E-state index is -1.09. The van der Waals surface area contributed by atoms with Crippen LogP contribution in [0.4, 0.5) is 0 Å². The average Bonchev–Trinajstić information content (AvgIpc) is 2.91. The number of nitrogens with zero attached hydrogens (tertiary/aromatic N) is 3.